The molecule has 0 aromatic heterocycles. The fourth-order valence-corrected chi connectivity index (χ4v) is 2.69. The molecule has 7 heteroatoms. The fourth-order valence-electron chi connectivity index (χ4n) is 2.25. The smallest absolute Gasteiger partial charge is 0.169 e. The molecule has 1 fully saturated rings. The summed E-state index contributed by atoms with van der Waals surface area (Å²) in [4.78, 5) is 4.20. The molecule has 1 aliphatic rings. The van der Waals surface area contributed by atoms with Crippen LogP contribution in [0.5, 0.6) is 5.75 Å². The van der Waals surface area contributed by atoms with E-state index in [0.717, 1.165) is 37.7 Å². The summed E-state index contributed by atoms with van der Waals surface area (Å²) in [6, 6.07) is 4.42. The Bertz CT molecular complexity index is 530. The largest absolute Gasteiger partial charge is 0.488 e. The molecule has 1 unspecified atom stereocenters. The van der Waals surface area contributed by atoms with E-state index in [1.807, 2.05) is 14.1 Å². The summed E-state index contributed by atoms with van der Waals surface area (Å²) in [7, 11) is 4.05. The number of nitrogens with zero attached hydrogens (tertiary/aromatic N) is 2. The normalized spacial score (nSPS) is 17.9. The predicted octanol–water partition coefficient (Wildman–Crippen LogP) is 2.37. The van der Waals surface area contributed by atoms with Gasteiger partial charge in [0.15, 0.2) is 5.11 Å². The number of hydrogen-bond donors (Lipinski definition) is 1. The van der Waals surface area contributed by atoms with Crippen LogP contribution in [0.3, 0.4) is 0 Å². The van der Waals surface area contributed by atoms with Crippen molar-refractivity contribution >= 4 is 28.9 Å². The Kier molecular flexibility index (Phi) is 6.23. The van der Waals surface area contributed by atoms with E-state index in [2.05, 4.69) is 15.1 Å². The second-order valence-electron chi connectivity index (χ2n) is 5.59. The Morgan fingerprint density at radius 3 is 3.00 bits per heavy atom. The lowest BCUT2D eigenvalue weighted by molar-refractivity contribution is 0.214. The van der Waals surface area contributed by atoms with Gasteiger partial charge in [0.05, 0.1) is 11.6 Å². The second kappa shape index (κ2) is 7.94. The van der Waals surface area contributed by atoms with E-state index in [4.69, 9.17) is 28.6 Å². The lowest BCUT2D eigenvalue weighted by atomic mass is 10.3. The van der Waals surface area contributed by atoms with Crippen LogP contribution in [-0.4, -0.2) is 61.3 Å². The first-order chi connectivity index (χ1) is 10.5. The highest BCUT2D eigenvalue weighted by Crippen LogP contribution is 2.24. The van der Waals surface area contributed by atoms with Gasteiger partial charge in [-0.1, -0.05) is 11.6 Å². The van der Waals surface area contributed by atoms with Crippen LogP contribution < -0.4 is 10.1 Å². The van der Waals surface area contributed by atoms with E-state index in [1.54, 1.807) is 6.07 Å². The highest BCUT2D eigenvalue weighted by molar-refractivity contribution is 7.80. The Hall–Kier alpha value is -1.11. The van der Waals surface area contributed by atoms with Crippen LogP contribution in [-0.2, 0) is 0 Å². The van der Waals surface area contributed by atoms with Gasteiger partial charge >= 0.3 is 0 Å². The van der Waals surface area contributed by atoms with Gasteiger partial charge in [-0.25, -0.2) is 4.39 Å². The minimum absolute atomic E-state index is 0.0372. The van der Waals surface area contributed by atoms with Gasteiger partial charge in [-0.2, -0.15) is 0 Å². The lowest BCUT2D eigenvalue weighted by Gasteiger charge is -2.21. The first kappa shape index (κ1) is 17.2. The molecular weight excluding hydrogens is 325 g/mol. The highest BCUT2D eigenvalue weighted by atomic mass is 35.5. The van der Waals surface area contributed by atoms with E-state index in [-0.39, 0.29) is 11.1 Å². The maximum Gasteiger partial charge on any atom is 0.169 e. The van der Waals surface area contributed by atoms with Gasteiger partial charge in [0, 0.05) is 32.1 Å². The number of thiocarbonyl (C=S) groups is 1. The zero-order valence-electron chi connectivity index (χ0n) is 12.8. The van der Waals surface area contributed by atoms with E-state index < -0.39 is 5.82 Å². The lowest BCUT2D eigenvalue weighted by Crippen LogP contribution is -2.41. The summed E-state index contributed by atoms with van der Waals surface area (Å²) < 4.78 is 19.0. The average molecular weight is 346 g/mol. The van der Waals surface area contributed by atoms with Crippen molar-refractivity contribution in [3.05, 3.63) is 29.0 Å². The van der Waals surface area contributed by atoms with E-state index in [9.17, 15) is 4.39 Å². The van der Waals surface area contributed by atoms with Crippen molar-refractivity contribution in [3.63, 3.8) is 0 Å². The molecule has 2 rings (SSSR count). The molecule has 1 aliphatic heterocycles. The zero-order chi connectivity index (χ0) is 16.1. The molecule has 1 atom stereocenters. The summed E-state index contributed by atoms with van der Waals surface area (Å²) in [6.45, 7) is 3.33. The molecule has 122 valence electrons. The predicted molar refractivity (Wildman–Crippen MR) is 91.2 cm³/mol. The highest BCUT2D eigenvalue weighted by Gasteiger charge is 2.25. The third-order valence-corrected chi connectivity index (χ3v) is 4.15. The molecule has 0 amide bonds. The van der Waals surface area contributed by atoms with Gasteiger partial charge in [-0.15, -0.1) is 0 Å². The number of halogens is 2. The van der Waals surface area contributed by atoms with Gasteiger partial charge in [0.1, 0.15) is 17.7 Å². The number of hydrogen-bond acceptors (Lipinski definition) is 3. The minimum atomic E-state index is -0.437. The molecule has 1 saturated heterocycles. The Labute approximate surface area is 141 Å². The zero-order valence-corrected chi connectivity index (χ0v) is 14.4. The monoisotopic (exact) mass is 345 g/mol. The maximum absolute atomic E-state index is 13.1. The summed E-state index contributed by atoms with van der Waals surface area (Å²) in [5, 5.41) is 4.08. The summed E-state index contributed by atoms with van der Waals surface area (Å²) >= 11 is 11.2. The van der Waals surface area contributed by atoms with Crippen LogP contribution in [0.15, 0.2) is 18.2 Å². The molecule has 4 nitrogen and oxygen atoms in total. The summed E-state index contributed by atoms with van der Waals surface area (Å²) in [5.74, 6) is 0.151. The van der Waals surface area contributed by atoms with Gasteiger partial charge in [-0.05, 0) is 38.4 Å². The minimum Gasteiger partial charge on any atom is -0.488 e. The first-order valence-corrected chi connectivity index (χ1v) is 8.03. The number of likely N-dealkylation sites (tertiary alicyclic amines) is 1. The Morgan fingerprint density at radius 1 is 1.55 bits per heavy atom. The third-order valence-electron chi connectivity index (χ3n) is 3.46. The number of ether oxygens (including phenoxy) is 1. The van der Waals surface area contributed by atoms with Crippen molar-refractivity contribution in [2.75, 3.05) is 40.3 Å². The standard InChI is InChI=1S/C15H21ClFN3OS/c1-19(2)8-6-18-15(22)20-7-5-12(10-20)21-11-3-4-14(17)13(16)9-11/h3-4,9,12H,5-8,10H2,1-2H3,(H,18,22). The topological polar surface area (TPSA) is 27.7 Å². The molecule has 0 spiro atoms. The van der Waals surface area contributed by atoms with E-state index in [1.165, 1.54) is 12.1 Å². The van der Waals surface area contributed by atoms with Crippen LogP contribution >= 0.6 is 23.8 Å². The fraction of sp³-hybridized carbons (Fsp3) is 0.533. The SMILES string of the molecule is CN(C)CCNC(=S)N1CCC(Oc2ccc(F)c(Cl)c2)C1. The average Bonchev–Trinajstić information content (AvgIpc) is 2.91. The molecule has 1 heterocycles. The summed E-state index contributed by atoms with van der Waals surface area (Å²) in [5.41, 5.74) is 0. The van der Waals surface area contributed by atoms with Crippen LogP contribution in [0, 0.1) is 5.82 Å². The summed E-state index contributed by atoms with van der Waals surface area (Å²) in [6.07, 6.45) is 0.917. The van der Waals surface area contributed by atoms with Gasteiger partial charge in [0.2, 0.25) is 0 Å². The molecule has 22 heavy (non-hydrogen) atoms. The molecule has 0 saturated carbocycles. The molecule has 1 aromatic carbocycles. The Morgan fingerprint density at radius 2 is 2.32 bits per heavy atom. The van der Waals surface area contributed by atoms with Gasteiger partial charge in [0.25, 0.3) is 0 Å². The second-order valence-corrected chi connectivity index (χ2v) is 6.38. The quantitative estimate of drug-likeness (QED) is 0.827. The third kappa shape index (κ3) is 4.97. The molecule has 1 aromatic rings. The van der Waals surface area contributed by atoms with Crippen LogP contribution in [0.25, 0.3) is 0 Å². The molecule has 0 bridgehead atoms. The molecular formula is C15H21ClFN3OS. The number of likely N-dealkylation sites (N-methyl/N-ethyl adjacent to an activating group) is 1. The molecule has 0 radical (unpaired) electrons. The number of rotatable bonds is 5. The first-order valence-electron chi connectivity index (χ1n) is 7.25. The number of benzene rings is 1. The van der Waals surface area contributed by atoms with Gasteiger partial charge in [-0.3, -0.25) is 0 Å². The molecule has 1 N–H and O–H groups in total. The van der Waals surface area contributed by atoms with Crippen LogP contribution in [0.4, 0.5) is 4.39 Å². The van der Waals surface area contributed by atoms with Crippen molar-refractivity contribution in [1.29, 1.82) is 0 Å². The van der Waals surface area contributed by atoms with E-state index >= 15 is 0 Å². The van der Waals surface area contributed by atoms with Crippen molar-refractivity contribution in [3.8, 4) is 5.75 Å². The van der Waals surface area contributed by atoms with Crippen molar-refractivity contribution in [1.82, 2.24) is 15.1 Å². The molecule has 0 aliphatic carbocycles. The van der Waals surface area contributed by atoms with Crippen molar-refractivity contribution in [2.45, 2.75) is 12.5 Å². The maximum atomic E-state index is 13.1. The van der Waals surface area contributed by atoms with E-state index in [0.29, 0.717) is 5.75 Å². The Balaban J connectivity index is 1.79. The van der Waals surface area contributed by atoms with Crippen LogP contribution in [0.1, 0.15) is 6.42 Å². The van der Waals surface area contributed by atoms with Crippen molar-refractivity contribution < 1.29 is 9.13 Å². The number of nitrogens with one attached hydrogen (secondary N) is 1. The van der Waals surface area contributed by atoms with Crippen molar-refractivity contribution in [2.24, 2.45) is 0 Å². The van der Waals surface area contributed by atoms with Crippen LogP contribution in [0.2, 0.25) is 5.02 Å². The van der Waals surface area contributed by atoms with Gasteiger partial charge < -0.3 is 19.9 Å².